The van der Waals surface area contributed by atoms with Crippen LogP contribution >= 0.6 is 0 Å². The molecule has 1 amide bonds. The Morgan fingerprint density at radius 1 is 1.19 bits per heavy atom. The third kappa shape index (κ3) is 3.38. The van der Waals surface area contributed by atoms with Gasteiger partial charge in [0.25, 0.3) is 0 Å². The van der Waals surface area contributed by atoms with Gasteiger partial charge in [0, 0.05) is 44.1 Å². The Morgan fingerprint density at radius 3 is 2.85 bits per heavy atom. The van der Waals surface area contributed by atoms with E-state index in [1.165, 1.54) is 5.56 Å². The highest BCUT2D eigenvalue weighted by atomic mass is 16.2. The number of hydrogen-bond donors (Lipinski definition) is 0. The second-order valence-electron chi connectivity index (χ2n) is 7.86. The monoisotopic (exact) mass is 353 g/mol. The average Bonchev–Trinajstić information content (AvgIpc) is 3.14. The number of likely N-dealkylation sites (tertiary alicyclic amines) is 2. The standard InChI is InChI=1S/C20H27N5O/c1-16-5-3-6-18(22-16)14-25-10-8-20(19(25)26)7-4-9-24(15-20)13-17-11-21-23(2)12-17/h3,5-6,11-12H,4,7-10,13-15H2,1-2H3/t20-/m0/s1. The van der Waals surface area contributed by atoms with Crippen molar-refractivity contribution in [3.8, 4) is 0 Å². The molecule has 0 radical (unpaired) electrons. The molecule has 2 fully saturated rings. The topological polar surface area (TPSA) is 54.3 Å². The number of aryl methyl sites for hydroxylation is 2. The molecule has 2 aromatic heterocycles. The molecule has 2 aromatic rings. The van der Waals surface area contributed by atoms with Crippen LogP contribution in [0.1, 0.15) is 36.2 Å². The minimum absolute atomic E-state index is 0.204. The number of hydrogen-bond acceptors (Lipinski definition) is 4. The summed E-state index contributed by atoms with van der Waals surface area (Å²) in [6, 6.07) is 6.03. The zero-order valence-corrected chi connectivity index (χ0v) is 15.7. The zero-order chi connectivity index (χ0) is 18.1. The van der Waals surface area contributed by atoms with Crippen molar-refractivity contribution >= 4 is 5.91 Å². The van der Waals surface area contributed by atoms with Crippen LogP contribution in [-0.2, 0) is 24.9 Å². The van der Waals surface area contributed by atoms with E-state index in [-0.39, 0.29) is 5.41 Å². The van der Waals surface area contributed by atoms with Crippen LogP contribution in [0.4, 0.5) is 0 Å². The Kier molecular flexibility index (Phi) is 4.53. The van der Waals surface area contributed by atoms with Gasteiger partial charge < -0.3 is 4.90 Å². The molecule has 2 aliphatic heterocycles. The summed E-state index contributed by atoms with van der Waals surface area (Å²) in [5, 5.41) is 4.26. The van der Waals surface area contributed by atoms with Gasteiger partial charge in [0.15, 0.2) is 0 Å². The van der Waals surface area contributed by atoms with Gasteiger partial charge in [-0.2, -0.15) is 5.10 Å². The van der Waals surface area contributed by atoms with Crippen LogP contribution in [0.25, 0.3) is 0 Å². The van der Waals surface area contributed by atoms with Gasteiger partial charge in [-0.05, 0) is 44.9 Å². The van der Waals surface area contributed by atoms with Gasteiger partial charge in [0.05, 0.1) is 23.9 Å². The molecule has 0 bridgehead atoms. The van der Waals surface area contributed by atoms with Crippen LogP contribution in [0.3, 0.4) is 0 Å². The van der Waals surface area contributed by atoms with E-state index in [0.29, 0.717) is 12.5 Å². The molecule has 6 heteroatoms. The summed E-state index contributed by atoms with van der Waals surface area (Å²) in [4.78, 5) is 22.2. The second-order valence-corrected chi connectivity index (χ2v) is 7.86. The molecule has 1 atom stereocenters. The highest BCUT2D eigenvalue weighted by Crippen LogP contribution is 2.40. The molecule has 4 heterocycles. The molecule has 0 aromatic carbocycles. The summed E-state index contributed by atoms with van der Waals surface area (Å²) in [6.45, 7) is 6.26. The van der Waals surface area contributed by atoms with E-state index in [9.17, 15) is 4.79 Å². The fourth-order valence-electron chi connectivity index (χ4n) is 4.48. The third-order valence-electron chi connectivity index (χ3n) is 5.72. The molecule has 2 aliphatic rings. The number of pyridine rings is 1. The number of piperidine rings is 1. The summed E-state index contributed by atoms with van der Waals surface area (Å²) in [5.74, 6) is 0.316. The van der Waals surface area contributed by atoms with Crippen LogP contribution in [0.2, 0.25) is 0 Å². The van der Waals surface area contributed by atoms with Crippen molar-refractivity contribution in [1.29, 1.82) is 0 Å². The molecule has 1 spiro atoms. The summed E-state index contributed by atoms with van der Waals surface area (Å²) in [6.07, 6.45) is 7.04. The summed E-state index contributed by atoms with van der Waals surface area (Å²) in [7, 11) is 1.94. The number of rotatable bonds is 4. The Balaban J connectivity index is 1.43. The maximum atomic E-state index is 13.2. The first-order valence-corrected chi connectivity index (χ1v) is 9.46. The van der Waals surface area contributed by atoms with Crippen molar-refractivity contribution in [2.45, 2.75) is 39.3 Å². The van der Waals surface area contributed by atoms with E-state index < -0.39 is 0 Å². The number of amides is 1. The summed E-state index contributed by atoms with van der Waals surface area (Å²) in [5.41, 5.74) is 3.00. The number of nitrogens with zero attached hydrogens (tertiary/aromatic N) is 5. The first-order chi connectivity index (χ1) is 12.5. The van der Waals surface area contributed by atoms with E-state index in [1.54, 1.807) is 0 Å². The average molecular weight is 353 g/mol. The third-order valence-corrected chi connectivity index (χ3v) is 5.72. The molecular formula is C20H27N5O. The summed E-state index contributed by atoms with van der Waals surface area (Å²) < 4.78 is 1.84. The van der Waals surface area contributed by atoms with Crippen LogP contribution in [0.15, 0.2) is 30.6 Å². The first kappa shape index (κ1) is 17.2. The van der Waals surface area contributed by atoms with Crippen LogP contribution < -0.4 is 0 Å². The molecular weight excluding hydrogens is 326 g/mol. The molecule has 4 rings (SSSR count). The SMILES string of the molecule is Cc1cccc(CN2CC[C@]3(CCCN(Cc4cnn(C)c4)C3)C2=O)n1. The second kappa shape index (κ2) is 6.83. The Morgan fingerprint density at radius 2 is 2.08 bits per heavy atom. The van der Waals surface area contributed by atoms with Crippen LogP contribution in [0.5, 0.6) is 0 Å². The highest BCUT2D eigenvalue weighted by Gasteiger charge is 2.48. The minimum Gasteiger partial charge on any atom is -0.336 e. The van der Waals surface area contributed by atoms with Gasteiger partial charge in [-0.25, -0.2) is 0 Å². The number of carbonyl (C=O) groups excluding carboxylic acids is 1. The van der Waals surface area contributed by atoms with Crippen molar-refractivity contribution in [2.75, 3.05) is 19.6 Å². The molecule has 0 aliphatic carbocycles. The normalized spacial score (nSPS) is 23.9. The number of carbonyl (C=O) groups is 1. The lowest BCUT2D eigenvalue weighted by atomic mass is 9.78. The molecule has 0 N–H and O–H groups in total. The largest absolute Gasteiger partial charge is 0.336 e. The lowest BCUT2D eigenvalue weighted by Crippen LogP contribution is -2.47. The van der Waals surface area contributed by atoms with Crippen LogP contribution in [-0.4, -0.2) is 50.1 Å². The van der Waals surface area contributed by atoms with E-state index in [4.69, 9.17) is 0 Å². The Hall–Kier alpha value is -2.21. The quantitative estimate of drug-likeness (QED) is 0.845. The van der Waals surface area contributed by atoms with Gasteiger partial charge >= 0.3 is 0 Å². The van der Waals surface area contributed by atoms with E-state index in [0.717, 1.165) is 56.8 Å². The maximum absolute atomic E-state index is 13.2. The number of aromatic nitrogens is 3. The lowest BCUT2D eigenvalue weighted by molar-refractivity contribution is -0.139. The molecule has 0 saturated carbocycles. The van der Waals surface area contributed by atoms with E-state index in [2.05, 4.69) is 21.2 Å². The van der Waals surface area contributed by atoms with Crippen LogP contribution in [0, 0.1) is 12.3 Å². The van der Waals surface area contributed by atoms with Crippen molar-refractivity contribution in [3.63, 3.8) is 0 Å². The van der Waals surface area contributed by atoms with Gasteiger partial charge in [-0.15, -0.1) is 0 Å². The zero-order valence-electron chi connectivity index (χ0n) is 15.7. The molecule has 6 nitrogen and oxygen atoms in total. The van der Waals surface area contributed by atoms with Gasteiger partial charge in [0.1, 0.15) is 0 Å². The predicted octanol–water partition coefficient (Wildman–Crippen LogP) is 2.14. The molecule has 26 heavy (non-hydrogen) atoms. The summed E-state index contributed by atoms with van der Waals surface area (Å²) >= 11 is 0. The molecule has 138 valence electrons. The highest BCUT2D eigenvalue weighted by molar-refractivity contribution is 5.85. The van der Waals surface area contributed by atoms with E-state index >= 15 is 0 Å². The van der Waals surface area contributed by atoms with E-state index in [1.807, 2.05) is 47.9 Å². The fraction of sp³-hybridized carbons (Fsp3) is 0.550. The lowest BCUT2D eigenvalue weighted by Gasteiger charge is -2.38. The van der Waals surface area contributed by atoms with Crippen molar-refractivity contribution < 1.29 is 4.79 Å². The maximum Gasteiger partial charge on any atom is 0.230 e. The van der Waals surface area contributed by atoms with Crippen molar-refractivity contribution in [2.24, 2.45) is 12.5 Å². The van der Waals surface area contributed by atoms with Gasteiger partial charge in [0.2, 0.25) is 5.91 Å². The first-order valence-electron chi connectivity index (χ1n) is 9.46. The van der Waals surface area contributed by atoms with Gasteiger partial charge in [-0.3, -0.25) is 19.4 Å². The van der Waals surface area contributed by atoms with Crippen molar-refractivity contribution in [1.82, 2.24) is 24.6 Å². The Labute approximate surface area is 154 Å². The minimum atomic E-state index is -0.204. The predicted molar refractivity (Wildman–Crippen MR) is 99.2 cm³/mol. The van der Waals surface area contributed by atoms with Crippen molar-refractivity contribution in [3.05, 3.63) is 47.5 Å². The molecule has 0 unspecified atom stereocenters. The Bertz CT molecular complexity index is 801. The van der Waals surface area contributed by atoms with Gasteiger partial charge in [-0.1, -0.05) is 6.07 Å². The fourth-order valence-corrected chi connectivity index (χ4v) is 4.48. The smallest absolute Gasteiger partial charge is 0.230 e. The molecule has 2 saturated heterocycles.